The van der Waals surface area contributed by atoms with Gasteiger partial charge in [0.2, 0.25) is 0 Å². The second kappa shape index (κ2) is 8.91. The number of aryl methyl sites for hydroxylation is 1. The van der Waals surface area contributed by atoms with E-state index in [-0.39, 0.29) is 12.2 Å². The Hall–Kier alpha value is -2.47. The largest absolute Gasteiger partial charge is 0.392 e. The van der Waals surface area contributed by atoms with E-state index in [0.29, 0.717) is 34.2 Å². The van der Waals surface area contributed by atoms with E-state index in [2.05, 4.69) is 33.5 Å². The van der Waals surface area contributed by atoms with E-state index in [1.165, 1.54) is 11.1 Å². The molecule has 0 bridgehead atoms. The summed E-state index contributed by atoms with van der Waals surface area (Å²) in [6, 6.07) is 13.7. The van der Waals surface area contributed by atoms with Gasteiger partial charge in [0.25, 0.3) is 5.56 Å². The second-order valence-electron chi connectivity index (χ2n) is 7.43. The van der Waals surface area contributed by atoms with Gasteiger partial charge >= 0.3 is 0 Å². The summed E-state index contributed by atoms with van der Waals surface area (Å²) in [5, 5.41) is 13.8. The summed E-state index contributed by atoms with van der Waals surface area (Å²) in [6.07, 6.45) is 5.82. The SMILES string of the molecule is O=c1[nH]c(CCCC2CC(c3ccc(CO)cc3)=CCN2)nc2c(Cl)cccc12. The number of rotatable bonds is 6. The van der Waals surface area contributed by atoms with Crippen molar-refractivity contribution < 1.29 is 5.11 Å². The number of aliphatic hydroxyl groups excluding tert-OH is 1. The van der Waals surface area contributed by atoms with Gasteiger partial charge in [-0.15, -0.1) is 0 Å². The van der Waals surface area contributed by atoms with Crippen molar-refractivity contribution in [1.29, 1.82) is 0 Å². The topological polar surface area (TPSA) is 78.0 Å². The van der Waals surface area contributed by atoms with Crippen molar-refractivity contribution in [3.05, 3.63) is 80.9 Å². The number of H-pyrrole nitrogens is 1. The minimum Gasteiger partial charge on any atom is -0.392 e. The highest BCUT2D eigenvalue weighted by Crippen LogP contribution is 2.25. The molecule has 3 aromatic rings. The number of hydrogen-bond acceptors (Lipinski definition) is 4. The van der Waals surface area contributed by atoms with Crippen molar-refractivity contribution in [2.45, 2.75) is 38.3 Å². The third-order valence-electron chi connectivity index (χ3n) is 5.43. The van der Waals surface area contributed by atoms with Crippen molar-refractivity contribution in [1.82, 2.24) is 15.3 Å². The highest BCUT2D eigenvalue weighted by atomic mass is 35.5. The fourth-order valence-corrected chi connectivity index (χ4v) is 4.06. The number of benzene rings is 2. The summed E-state index contributed by atoms with van der Waals surface area (Å²) in [5.74, 6) is 0.682. The van der Waals surface area contributed by atoms with E-state index >= 15 is 0 Å². The van der Waals surface area contributed by atoms with Crippen molar-refractivity contribution in [2.75, 3.05) is 6.54 Å². The zero-order chi connectivity index (χ0) is 20.2. The van der Waals surface area contributed by atoms with Gasteiger partial charge < -0.3 is 15.4 Å². The number of nitrogens with zero attached hydrogens (tertiary/aromatic N) is 1. The minimum atomic E-state index is -0.139. The molecule has 3 N–H and O–H groups in total. The summed E-state index contributed by atoms with van der Waals surface area (Å²) in [6.45, 7) is 0.919. The van der Waals surface area contributed by atoms with Crippen LogP contribution >= 0.6 is 11.6 Å². The molecule has 0 saturated heterocycles. The van der Waals surface area contributed by atoms with Gasteiger partial charge in [-0.05, 0) is 48.1 Å². The lowest BCUT2D eigenvalue weighted by Gasteiger charge is -2.24. The summed E-state index contributed by atoms with van der Waals surface area (Å²) < 4.78 is 0. The molecule has 2 heterocycles. The average molecular weight is 410 g/mol. The van der Waals surface area contributed by atoms with Crippen LogP contribution in [-0.2, 0) is 13.0 Å². The first-order valence-corrected chi connectivity index (χ1v) is 10.3. The van der Waals surface area contributed by atoms with Crippen LogP contribution in [0.25, 0.3) is 16.5 Å². The maximum absolute atomic E-state index is 12.3. The molecule has 1 unspecified atom stereocenters. The second-order valence-corrected chi connectivity index (χ2v) is 7.84. The number of aliphatic hydroxyl groups is 1. The van der Waals surface area contributed by atoms with Crippen molar-refractivity contribution in [2.24, 2.45) is 0 Å². The first-order valence-electron chi connectivity index (χ1n) is 9.94. The summed E-state index contributed by atoms with van der Waals surface area (Å²) >= 11 is 6.20. The van der Waals surface area contributed by atoms with Gasteiger partial charge in [0.1, 0.15) is 5.82 Å². The van der Waals surface area contributed by atoms with Crippen LogP contribution in [0.2, 0.25) is 5.02 Å². The highest BCUT2D eigenvalue weighted by molar-refractivity contribution is 6.34. The molecule has 2 aromatic carbocycles. The lowest BCUT2D eigenvalue weighted by Crippen LogP contribution is -2.33. The predicted octanol–water partition coefficient (Wildman–Crippen LogP) is 3.84. The zero-order valence-electron chi connectivity index (χ0n) is 16.1. The lowest BCUT2D eigenvalue weighted by atomic mass is 9.92. The summed E-state index contributed by atoms with van der Waals surface area (Å²) in [5.41, 5.74) is 3.91. The van der Waals surface area contributed by atoms with Gasteiger partial charge in [-0.3, -0.25) is 4.79 Å². The van der Waals surface area contributed by atoms with Gasteiger partial charge in [-0.25, -0.2) is 4.98 Å². The molecule has 1 atom stereocenters. The predicted molar refractivity (Wildman–Crippen MR) is 117 cm³/mol. The third kappa shape index (κ3) is 4.58. The molecule has 1 aliphatic rings. The van der Waals surface area contributed by atoms with E-state index in [1.54, 1.807) is 18.2 Å². The Kier molecular flexibility index (Phi) is 6.09. The quantitative estimate of drug-likeness (QED) is 0.578. The number of fused-ring (bicyclic) bond motifs is 1. The van der Waals surface area contributed by atoms with Crippen LogP contribution in [0.5, 0.6) is 0 Å². The van der Waals surface area contributed by atoms with Crippen molar-refractivity contribution in [3.8, 4) is 0 Å². The van der Waals surface area contributed by atoms with E-state index in [1.807, 2.05) is 12.1 Å². The Morgan fingerprint density at radius 1 is 1.17 bits per heavy atom. The molecule has 4 rings (SSSR count). The van der Waals surface area contributed by atoms with Crippen LogP contribution in [0.4, 0.5) is 0 Å². The average Bonchev–Trinajstić information content (AvgIpc) is 2.75. The Morgan fingerprint density at radius 3 is 2.79 bits per heavy atom. The molecule has 0 fully saturated rings. The molecular weight excluding hydrogens is 386 g/mol. The van der Waals surface area contributed by atoms with Crippen molar-refractivity contribution >= 4 is 28.1 Å². The van der Waals surface area contributed by atoms with Crippen LogP contribution in [0.1, 0.15) is 36.2 Å². The van der Waals surface area contributed by atoms with E-state index in [9.17, 15) is 9.90 Å². The summed E-state index contributed by atoms with van der Waals surface area (Å²) in [7, 11) is 0. The maximum Gasteiger partial charge on any atom is 0.258 e. The molecule has 1 aliphatic heterocycles. The van der Waals surface area contributed by atoms with Crippen LogP contribution < -0.4 is 10.9 Å². The van der Waals surface area contributed by atoms with Crippen LogP contribution in [0, 0.1) is 0 Å². The monoisotopic (exact) mass is 409 g/mol. The number of hydrogen-bond donors (Lipinski definition) is 3. The van der Waals surface area contributed by atoms with E-state index in [4.69, 9.17) is 11.6 Å². The molecule has 1 aromatic heterocycles. The molecule has 0 saturated carbocycles. The van der Waals surface area contributed by atoms with Gasteiger partial charge in [0, 0.05) is 19.0 Å². The molecule has 150 valence electrons. The first-order chi connectivity index (χ1) is 14.1. The fourth-order valence-electron chi connectivity index (χ4n) is 3.84. The maximum atomic E-state index is 12.3. The molecular formula is C23H24ClN3O2. The Balaban J connectivity index is 1.37. The van der Waals surface area contributed by atoms with Crippen LogP contribution in [-0.4, -0.2) is 27.7 Å². The number of halogens is 1. The Labute approximate surface area is 174 Å². The number of nitrogens with one attached hydrogen (secondary N) is 2. The molecule has 5 nitrogen and oxygen atoms in total. The number of aromatic amines is 1. The van der Waals surface area contributed by atoms with Crippen LogP contribution in [0.3, 0.4) is 0 Å². The van der Waals surface area contributed by atoms with Gasteiger partial charge in [0.15, 0.2) is 0 Å². The minimum absolute atomic E-state index is 0.0691. The van der Waals surface area contributed by atoms with Gasteiger partial charge in [-0.2, -0.15) is 0 Å². The van der Waals surface area contributed by atoms with Gasteiger partial charge in [-0.1, -0.05) is 48.0 Å². The normalized spacial score (nSPS) is 16.8. The molecule has 0 aliphatic carbocycles. The molecule has 6 heteroatoms. The highest BCUT2D eigenvalue weighted by Gasteiger charge is 2.16. The molecule has 29 heavy (non-hydrogen) atoms. The standard InChI is InChI=1S/C23H24ClN3O2/c24-20-5-2-4-19-22(20)26-21(27-23(19)29)6-1-3-18-13-17(11-12-25-18)16-9-7-15(14-28)8-10-16/h2,4-5,7-11,18,25,28H,1,3,6,12-14H2,(H,26,27,29). The Morgan fingerprint density at radius 2 is 2.00 bits per heavy atom. The zero-order valence-corrected chi connectivity index (χ0v) is 16.9. The van der Waals surface area contributed by atoms with E-state index < -0.39 is 0 Å². The van der Waals surface area contributed by atoms with Crippen molar-refractivity contribution in [3.63, 3.8) is 0 Å². The number of aromatic nitrogens is 2. The molecule has 0 radical (unpaired) electrons. The first kappa shape index (κ1) is 19.8. The van der Waals surface area contributed by atoms with Crippen LogP contribution in [0.15, 0.2) is 53.3 Å². The summed E-state index contributed by atoms with van der Waals surface area (Å²) in [4.78, 5) is 19.7. The molecule has 0 amide bonds. The number of para-hydroxylation sites is 1. The Bertz CT molecular complexity index is 1090. The third-order valence-corrected chi connectivity index (χ3v) is 5.74. The lowest BCUT2D eigenvalue weighted by molar-refractivity contribution is 0.282. The smallest absolute Gasteiger partial charge is 0.258 e. The fraction of sp³-hybridized carbons (Fsp3) is 0.304. The van der Waals surface area contributed by atoms with Gasteiger partial charge in [0.05, 0.1) is 22.5 Å². The molecule has 0 spiro atoms. The van der Waals surface area contributed by atoms with E-state index in [0.717, 1.165) is 31.4 Å².